The van der Waals surface area contributed by atoms with Gasteiger partial charge in [0.1, 0.15) is 29.8 Å². The molecule has 0 radical (unpaired) electrons. The summed E-state index contributed by atoms with van der Waals surface area (Å²) < 4.78 is 47.2. The van der Waals surface area contributed by atoms with E-state index >= 15 is 0 Å². The molecular formula is C23H21F3N6O3. The van der Waals surface area contributed by atoms with Crippen molar-refractivity contribution in [3.63, 3.8) is 0 Å². The van der Waals surface area contributed by atoms with Crippen molar-refractivity contribution in [2.24, 2.45) is 5.41 Å². The average molecular weight is 486 g/mol. The molecule has 2 aliphatic heterocycles. The molecule has 1 N–H and O–H groups in total. The van der Waals surface area contributed by atoms with Crippen molar-refractivity contribution in [3.05, 3.63) is 48.9 Å². The van der Waals surface area contributed by atoms with Gasteiger partial charge in [0.2, 0.25) is 0 Å². The third kappa shape index (κ3) is 5.16. The standard InChI is InChI=1S/C23H21F3N6O3/c24-23(25,26)35-16-3-7-28-18(10-16)29-19-11-20(31-21(30-19)15-2-1-6-27-12-15)32-8-4-22(5-9-32)14-34-13-17(22)33/h1-3,6-7,10-12H,4-5,8-9,13-14H2,(H,28,29,30,31). The zero-order chi connectivity index (χ0) is 24.5. The second-order valence-electron chi connectivity index (χ2n) is 8.41. The van der Waals surface area contributed by atoms with Gasteiger partial charge in [0.15, 0.2) is 11.6 Å². The van der Waals surface area contributed by atoms with Crippen LogP contribution in [0.25, 0.3) is 11.4 Å². The predicted molar refractivity (Wildman–Crippen MR) is 119 cm³/mol. The molecule has 0 aliphatic carbocycles. The van der Waals surface area contributed by atoms with Crippen LogP contribution in [0.2, 0.25) is 0 Å². The van der Waals surface area contributed by atoms with Gasteiger partial charge in [0, 0.05) is 49.4 Å². The highest BCUT2D eigenvalue weighted by Gasteiger charge is 2.45. The van der Waals surface area contributed by atoms with Gasteiger partial charge in [-0.25, -0.2) is 15.0 Å². The first-order chi connectivity index (χ1) is 16.8. The Labute approximate surface area is 198 Å². The molecule has 182 valence electrons. The topological polar surface area (TPSA) is 102 Å². The summed E-state index contributed by atoms with van der Waals surface area (Å²) in [6.07, 6.45) is 0.953. The number of nitrogens with zero attached hydrogens (tertiary/aromatic N) is 5. The van der Waals surface area contributed by atoms with Crippen molar-refractivity contribution < 1.29 is 27.4 Å². The van der Waals surface area contributed by atoms with E-state index in [0.717, 1.165) is 12.1 Å². The van der Waals surface area contributed by atoms with Gasteiger partial charge in [-0.15, -0.1) is 13.2 Å². The van der Waals surface area contributed by atoms with Gasteiger partial charge in [-0.1, -0.05) is 0 Å². The largest absolute Gasteiger partial charge is 0.573 e. The molecule has 0 bridgehead atoms. The second kappa shape index (κ2) is 9.10. The molecule has 2 saturated heterocycles. The van der Waals surface area contributed by atoms with Crippen LogP contribution in [-0.2, 0) is 9.53 Å². The lowest BCUT2D eigenvalue weighted by Gasteiger charge is -2.37. The third-order valence-corrected chi connectivity index (χ3v) is 6.10. The lowest BCUT2D eigenvalue weighted by atomic mass is 9.77. The van der Waals surface area contributed by atoms with Crippen molar-refractivity contribution in [3.8, 4) is 17.1 Å². The summed E-state index contributed by atoms with van der Waals surface area (Å²) in [4.78, 5) is 31.8. The fourth-order valence-electron chi connectivity index (χ4n) is 4.25. The molecular weight excluding hydrogens is 465 g/mol. The van der Waals surface area contributed by atoms with Gasteiger partial charge < -0.3 is 19.7 Å². The van der Waals surface area contributed by atoms with Crippen molar-refractivity contribution in [1.29, 1.82) is 0 Å². The number of pyridine rings is 2. The van der Waals surface area contributed by atoms with E-state index in [2.05, 4.69) is 29.9 Å². The number of aromatic nitrogens is 4. The molecule has 0 saturated carbocycles. The number of anilines is 3. The molecule has 5 heterocycles. The van der Waals surface area contributed by atoms with Crippen LogP contribution in [0, 0.1) is 5.41 Å². The van der Waals surface area contributed by atoms with Crippen LogP contribution < -0.4 is 15.0 Å². The summed E-state index contributed by atoms with van der Waals surface area (Å²) in [5.74, 6) is 1.21. The first-order valence-electron chi connectivity index (χ1n) is 10.9. The van der Waals surface area contributed by atoms with Crippen LogP contribution in [0.4, 0.5) is 30.6 Å². The number of hydrogen-bond acceptors (Lipinski definition) is 9. The highest BCUT2D eigenvalue weighted by molar-refractivity contribution is 5.88. The van der Waals surface area contributed by atoms with Crippen LogP contribution >= 0.6 is 0 Å². The van der Waals surface area contributed by atoms with E-state index in [9.17, 15) is 18.0 Å². The zero-order valence-electron chi connectivity index (χ0n) is 18.5. The monoisotopic (exact) mass is 486 g/mol. The first kappa shape index (κ1) is 23.0. The van der Waals surface area contributed by atoms with E-state index in [0.29, 0.717) is 55.6 Å². The number of halogens is 3. The number of piperidine rings is 1. The number of carbonyl (C=O) groups excluding carboxylic acids is 1. The molecule has 0 atom stereocenters. The molecule has 0 unspecified atom stereocenters. The Morgan fingerprint density at radius 3 is 2.60 bits per heavy atom. The van der Waals surface area contributed by atoms with E-state index in [-0.39, 0.29) is 18.2 Å². The number of hydrogen-bond donors (Lipinski definition) is 1. The zero-order valence-corrected chi connectivity index (χ0v) is 18.5. The van der Waals surface area contributed by atoms with E-state index < -0.39 is 17.5 Å². The summed E-state index contributed by atoms with van der Waals surface area (Å²) in [6.45, 7) is 1.81. The Morgan fingerprint density at radius 1 is 1.09 bits per heavy atom. The highest BCUT2D eigenvalue weighted by Crippen LogP contribution is 2.38. The average Bonchev–Trinajstić information content (AvgIpc) is 3.18. The Kier molecular flexibility index (Phi) is 5.97. The lowest BCUT2D eigenvalue weighted by molar-refractivity contribution is -0.274. The Hall–Kier alpha value is -3.80. The Balaban J connectivity index is 1.43. The maximum atomic E-state index is 12.6. The summed E-state index contributed by atoms with van der Waals surface area (Å²) in [6, 6.07) is 7.52. The molecule has 3 aromatic heterocycles. The smallest absolute Gasteiger partial charge is 0.406 e. The minimum atomic E-state index is -4.81. The minimum Gasteiger partial charge on any atom is -0.406 e. The van der Waals surface area contributed by atoms with E-state index in [4.69, 9.17) is 9.72 Å². The van der Waals surface area contributed by atoms with Crippen LogP contribution in [0.15, 0.2) is 48.9 Å². The van der Waals surface area contributed by atoms with Gasteiger partial charge in [0.25, 0.3) is 0 Å². The molecule has 0 amide bonds. The van der Waals surface area contributed by atoms with Gasteiger partial charge in [0.05, 0.1) is 12.0 Å². The molecule has 3 aromatic rings. The molecule has 9 nitrogen and oxygen atoms in total. The Bertz CT molecular complexity index is 1220. The van der Waals surface area contributed by atoms with Gasteiger partial charge in [-0.05, 0) is 31.0 Å². The summed E-state index contributed by atoms with van der Waals surface area (Å²) in [5, 5.41) is 2.94. The second-order valence-corrected chi connectivity index (χ2v) is 8.41. The van der Waals surface area contributed by atoms with Crippen molar-refractivity contribution >= 4 is 23.2 Å². The van der Waals surface area contributed by atoms with Gasteiger partial charge >= 0.3 is 6.36 Å². The fraction of sp³-hybridized carbons (Fsp3) is 0.348. The lowest BCUT2D eigenvalue weighted by Crippen LogP contribution is -2.44. The summed E-state index contributed by atoms with van der Waals surface area (Å²) in [5.41, 5.74) is 0.243. The number of ketones is 1. The van der Waals surface area contributed by atoms with Gasteiger partial charge in [-0.2, -0.15) is 0 Å². The summed E-state index contributed by atoms with van der Waals surface area (Å²) >= 11 is 0. The van der Waals surface area contributed by atoms with Crippen LogP contribution in [-0.4, -0.2) is 58.4 Å². The number of alkyl halides is 3. The number of nitrogens with one attached hydrogen (secondary N) is 1. The predicted octanol–water partition coefficient (Wildman–Crippen LogP) is 3.76. The van der Waals surface area contributed by atoms with Crippen molar-refractivity contribution in [2.45, 2.75) is 19.2 Å². The quantitative estimate of drug-likeness (QED) is 0.577. The molecule has 2 aliphatic rings. The maximum absolute atomic E-state index is 12.6. The fourth-order valence-corrected chi connectivity index (χ4v) is 4.25. The number of carbonyl (C=O) groups is 1. The van der Waals surface area contributed by atoms with E-state index in [1.54, 1.807) is 24.5 Å². The third-order valence-electron chi connectivity index (χ3n) is 6.10. The molecule has 12 heteroatoms. The van der Waals surface area contributed by atoms with E-state index in [1.165, 1.54) is 6.20 Å². The number of Topliss-reactive ketones (excluding diaryl/α,β-unsaturated/α-hetero) is 1. The molecule has 35 heavy (non-hydrogen) atoms. The number of ether oxygens (including phenoxy) is 2. The molecule has 2 fully saturated rings. The molecule has 1 spiro atoms. The van der Waals surface area contributed by atoms with Gasteiger partial charge in [-0.3, -0.25) is 9.78 Å². The van der Waals surface area contributed by atoms with Crippen molar-refractivity contribution in [2.75, 3.05) is 36.5 Å². The minimum absolute atomic E-state index is 0.125. The first-order valence-corrected chi connectivity index (χ1v) is 10.9. The normalized spacial score (nSPS) is 17.6. The van der Waals surface area contributed by atoms with Crippen LogP contribution in [0.1, 0.15) is 12.8 Å². The Morgan fingerprint density at radius 2 is 1.91 bits per heavy atom. The van der Waals surface area contributed by atoms with Crippen molar-refractivity contribution in [1.82, 2.24) is 19.9 Å². The summed E-state index contributed by atoms with van der Waals surface area (Å²) in [7, 11) is 0. The molecule has 0 aromatic carbocycles. The highest BCUT2D eigenvalue weighted by atomic mass is 19.4. The maximum Gasteiger partial charge on any atom is 0.573 e. The SMILES string of the molecule is O=C1COCC12CCN(c1cc(Nc3cc(OC(F)(F)F)ccn3)nc(-c3cccnc3)n1)CC2. The number of rotatable bonds is 5. The van der Waals surface area contributed by atoms with Crippen LogP contribution in [0.3, 0.4) is 0 Å². The van der Waals surface area contributed by atoms with Crippen LogP contribution in [0.5, 0.6) is 5.75 Å². The van der Waals surface area contributed by atoms with E-state index in [1.807, 2.05) is 6.07 Å². The molecule has 5 rings (SSSR count).